The molecule has 2 atom stereocenters. The van der Waals surface area contributed by atoms with Crippen LogP contribution in [0.15, 0.2) is 17.5 Å². The Balaban J connectivity index is 2.04. The molecule has 1 aliphatic heterocycles. The number of amides is 1. The normalized spacial score (nSPS) is 22.1. The SMILES string of the molecule is CCOC(C)CN1C(=O)CNC1c1cccs1. The highest BCUT2D eigenvalue weighted by Crippen LogP contribution is 2.26. The van der Waals surface area contributed by atoms with Gasteiger partial charge in [0.2, 0.25) is 5.91 Å². The lowest BCUT2D eigenvalue weighted by Gasteiger charge is -2.26. The monoisotopic (exact) mass is 254 g/mol. The van der Waals surface area contributed by atoms with Crippen LogP contribution >= 0.6 is 11.3 Å². The molecule has 1 saturated heterocycles. The standard InChI is InChI=1S/C12H18N2O2S/c1-3-16-9(2)8-14-11(15)7-13-12(14)10-5-4-6-17-10/h4-6,9,12-13H,3,7-8H2,1-2H3. The largest absolute Gasteiger partial charge is 0.377 e. The summed E-state index contributed by atoms with van der Waals surface area (Å²) in [5.74, 6) is 0.148. The van der Waals surface area contributed by atoms with Crippen LogP contribution in [0.1, 0.15) is 24.9 Å². The van der Waals surface area contributed by atoms with Gasteiger partial charge in [0.05, 0.1) is 12.6 Å². The molecule has 2 unspecified atom stereocenters. The van der Waals surface area contributed by atoms with Gasteiger partial charge < -0.3 is 9.64 Å². The second kappa shape index (κ2) is 5.62. The fourth-order valence-electron chi connectivity index (χ4n) is 2.06. The van der Waals surface area contributed by atoms with E-state index in [4.69, 9.17) is 4.74 Å². The first-order chi connectivity index (χ1) is 8.22. The van der Waals surface area contributed by atoms with Crippen molar-refractivity contribution in [2.75, 3.05) is 19.7 Å². The van der Waals surface area contributed by atoms with Gasteiger partial charge in [-0.2, -0.15) is 0 Å². The summed E-state index contributed by atoms with van der Waals surface area (Å²) < 4.78 is 5.50. The van der Waals surface area contributed by atoms with E-state index in [2.05, 4.69) is 11.4 Å². The Hall–Kier alpha value is -0.910. The van der Waals surface area contributed by atoms with Crippen molar-refractivity contribution in [3.05, 3.63) is 22.4 Å². The predicted octanol–water partition coefficient (Wildman–Crippen LogP) is 1.60. The first-order valence-electron chi connectivity index (χ1n) is 5.90. The maximum Gasteiger partial charge on any atom is 0.238 e. The van der Waals surface area contributed by atoms with E-state index in [9.17, 15) is 4.79 Å². The van der Waals surface area contributed by atoms with Crippen LogP contribution in [0.2, 0.25) is 0 Å². The number of hydrogen-bond acceptors (Lipinski definition) is 4. The van der Waals surface area contributed by atoms with Crippen LogP contribution in [0, 0.1) is 0 Å². The van der Waals surface area contributed by atoms with E-state index in [1.54, 1.807) is 11.3 Å². The van der Waals surface area contributed by atoms with Gasteiger partial charge in [-0.1, -0.05) is 6.07 Å². The average molecular weight is 254 g/mol. The number of nitrogens with one attached hydrogen (secondary N) is 1. The number of nitrogens with zero attached hydrogens (tertiary/aromatic N) is 1. The van der Waals surface area contributed by atoms with Crippen LogP contribution in [-0.2, 0) is 9.53 Å². The molecule has 1 amide bonds. The van der Waals surface area contributed by atoms with Crippen LogP contribution < -0.4 is 5.32 Å². The molecule has 0 aromatic carbocycles. The Morgan fingerprint density at radius 2 is 2.53 bits per heavy atom. The minimum atomic E-state index is 0.0189. The Morgan fingerprint density at radius 3 is 3.18 bits per heavy atom. The molecular formula is C12H18N2O2S. The number of thiophene rings is 1. The molecule has 2 heterocycles. The molecule has 0 radical (unpaired) electrons. The van der Waals surface area contributed by atoms with Gasteiger partial charge >= 0.3 is 0 Å². The van der Waals surface area contributed by atoms with Crippen LogP contribution in [-0.4, -0.2) is 36.6 Å². The van der Waals surface area contributed by atoms with Crippen LogP contribution in [0.3, 0.4) is 0 Å². The van der Waals surface area contributed by atoms with Gasteiger partial charge in [0.25, 0.3) is 0 Å². The van der Waals surface area contributed by atoms with Gasteiger partial charge in [0.15, 0.2) is 0 Å². The lowest BCUT2D eigenvalue weighted by atomic mass is 10.3. The van der Waals surface area contributed by atoms with E-state index >= 15 is 0 Å². The van der Waals surface area contributed by atoms with Crippen molar-refractivity contribution < 1.29 is 9.53 Å². The van der Waals surface area contributed by atoms with E-state index in [1.807, 2.05) is 30.2 Å². The summed E-state index contributed by atoms with van der Waals surface area (Å²) in [5.41, 5.74) is 0. The first-order valence-corrected chi connectivity index (χ1v) is 6.78. The topological polar surface area (TPSA) is 41.6 Å². The Labute approximate surface area is 106 Å². The highest BCUT2D eigenvalue weighted by Gasteiger charge is 2.32. The molecule has 4 nitrogen and oxygen atoms in total. The summed E-state index contributed by atoms with van der Waals surface area (Å²) >= 11 is 1.67. The molecule has 0 saturated carbocycles. The first kappa shape index (κ1) is 12.5. The third-order valence-corrected chi connectivity index (χ3v) is 3.72. The van der Waals surface area contributed by atoms with Crippen molar-refractivity contribution in [3.8, 4) is 0 Å². The molecule has 5 heteroatoms. The third-order valence-electron chi connectivity index (χ3n) is 2.80. The molecule has 94 valence electrons. The lowest BCUT2D eigenvalue weighted by Crippen LogP contribution is -2.36. The smallest absolute Gasteiger partial charge is 0.238 e. The third kappa shape index (κ3) is 2.86. The van der Waals surface area contributed by atoms with Crippen molar-refractivity contribution >= 4 is 17.2 Å². The molecule has 1 N–H and O–H groups in total. The number of rotatable bonds is 5. The molecule has 1 aliphatic rings. The Bertz CT molecular complexity index is 367. The molecule has 17 heavy (non-hydrogen) atoms. The van der Waals surface area contributed by atoms with Crippen molar-refractivity contribution in [1.82, 2.24) is 10.2 Å². The minimum Gasteiger partial charge on any atom is -0.377 e. The van der Waals surface area contributed by atoms with Gasteiger partial charge in [-0.05, 0) is 25.3 Å². The zero-order valence-corrected chi connectivity index (χ0v) is 11.0. The number of hydrogen-bond donors (Lipinski definition) is 1. The summed E-state index contributed by atoms with van der Waals surface area (Å²) in [4.78, 5) is 14.9. The zero-order chi connectivity index (χ0) is 12.3. The molecule has 0 bridgehead atoms. The fourth-order valence-corrected chi connectivity index (χ4v) is 2.87. The van der Waals surface area contributed by atoms with Crippen LogP contribution in [0.5, 0.6) is 0 Å². The Morgan fingerprint density at radius 1 is 1.71 bits per heavy atom. The van der Waals surface area contributed by atoms with E-state index in [1.165, 1.54) is 4.88 Å². The summed E-state index contributed by atoms with van der Waals surface area (Å²) in [6.07, 6.45) is 0.0942. The van der Waals surface area contributed by atoms with E-state index in [0.29, 0.717) is 19.7 Å². The summed E-state index contributed by atoms with van der Waals surface area (Å²) in [7, 11) is 0. The van der Waals surface area contributed by atoms with Gasteiger partial charge in [-0.15, -0.1) is 11.3 Å². The quantitative estimate of drug-likeness (QED) is 0.868. The van der Waals surface area contributed by atoms with Crippen molar-refractivity contribution in [1.29, 1.82) is 0 Å². The minimum absolute atomic E-state index is 0.0189. The van der Waals surface area contributed by atoms with Gasteiger partial charge in [0, 0.05) is 18.0 Å². The maximum absolute atomic E-state index is 11.8. The molecule has 0 aliphatic carbocycles. The van der Waals surface area contributed by atoms with Gasteiger partial charge in [-0.3, -0.25) is 10.1 Å². The van der Waals surface area contributed by atoms with E-state index in [-0.39, 0.29) is 18.2 Å². The number of carbonyl (C=O) groups is 1. The fraction of sp³-hybridized carbons (Fsp3) is 0.583. The van der Waals surface area contributed by atoms with Gasteiger partial charge in [-0.25, -0.2) is 0 Å². The predicted molar refractivity (Wildman–Crippen MR) is 67.9 cm³/mol. The van der Waals surface area contributed by atoms with Crippen molar-refractivity contribution in [2.45, 2.75) is 26.1 Å². The molecule has 1 aromatic heterocycles. The summed E-state index contributed by atoms with van der Waals surface area (Å²) in [6, 6.07) is 4.06. The van der Waals surface area contributed by atoms with Crippen molar-refractivity contribution in [2.24, 2.45) is 0 Å². The van der Waals surface area contributed by atoms with E-state index in [0.717, 1.165) is 0 Å². The van der Waals surface area contributed by atoms with Gasteiger partial charge in [0.1, 0.15) is 6.17 Å². The van der Waals surface area contributed by atoms with Crippen LogP contribution in [0.4, 0.5) is 0 Å². The molecule has 0 spiro atoms. The molecule has 1 aromatic rings. The second-order valence-corrected chi connectivity index (χ2v) is 5.09. The van der Waals surface area contributed by atoms with E-state index < -0.39 is 0 Å². The molecule has 1 fully saturated rings. The Kier molecular flexibility index (Phi) is 4.15. The highest BCUT2D eigenvalue weighted by atomic mass is 32.1. The molecule has 2 rings (SSSR count). The van der Waals surface area contributed by atoms with Crippen LogP contribution in [0.25, 0.3) is 0 Å². The highest BCUT2D eigenvalue weighted by molar-refractivity contribution is 7.10. The molecular weight excluding hydrogens is 236 g/mol. The van der Waals surface area contributed by atoms with Crippen molar-refractivity contribution in [3.63, 3.8) is 0 Å². The second-order valence-electron chi connectivity index (χ2n) is 4.11. The average Bonchev–Trinajstić information content (AvgIpc) is 2.90. The number of carbonyl (C=O) groups excluding carboxylic acids is 1. The zero-order valence-electron chi connectivity index (χ0n) is 10.2. The lowest BCUT2D eigenvalue weighted by molar-refractivity contribution is -0.129. The summed E-state index contributed by atoms with van der Waals surface area (Å²) in [6.45, 7) is 5.71. The summed E-state index contributed by atoms with van der Waals surface area (Å²) in [5, 5.41) is 5.27. The number of ether oxygens (including phenoxy) is 1. The maximum atomic E-state index is 11.8.